The summed E-state index contributed by atoms with van der Waals surface area (Å²) in [6.45, 7) is 6.17. The Labute approximate surface area is 225 Å². The van der Waals surface area contributed by atoms with Gasteiger partial charge in [0.25, 0.3) is 0 Å². The number of carbonyl (C=O) groups excluding carboxylic acids is 4. The second-order valence-electron chi connectivity index (χ2n) is 9.79. The van der Waals surface area contributed by atoms with Gasteiger partial charge >= 0.3 is 12.1 Å². The van der Waals surface area contributed by atoms with E-state index < -0.39 is 54.7 Å². The average molecular weight is 532 g/mol. The van der Waals surface area contributed by atoms with Gasteiger partial charge in [0.1, 0.15) is 24.2 Å². The van der Waals surface area contributed by atoms with Crippen LogP contribution in [0.1, 0.15) is 77.0 Å². The van der Waals surface area contributed by atoms with Crippen LogP contribution < -0.4 is 10.6 Å². The Morgan fingerprint density at radius 2 is 1.71 bits per heavy atom. The molecule has 10 nitrogen and oxygen atoms in total. The maximum atomic E-state index is 13.7. The van der Waals surface area contributed by atoms with Crippen LogP contribution in [0.5, 0.6) is 0 Å². The van der Waals surface area contributed by atoms with E-state index >= 15 is 0 Å². The lowest BCUT2D eigenvalue weighted by atomic mass is 10.0. The molecule has 1 aromatic rings. The van der Waals surface area contributed by atoms with Gasteiger partial charge in [-0.3, -0.25) is 14.4 Å². The largest absolute Gasteiger partial charge is 0.468 e. The zero-order chi connectivity index (χ0) is 28.7. The second kappa shape index (κ2) is 16.3. The Balaban J connectivity index is 3.39. The number of rotatable bonds is 14. The number of hydrogen-bond donors (Lipinski definition) is 3. The molecule has 2 atom stereocenters. The maximum absolute atomic E-state index is 13.7. The Kier molecular flexibility index (Phi) is 13.9. The molecule has 2 unspecified atom stereocenters. The van der Waals surface area contributed by atoms with Crippen LogP contribution in [-0.4, -0.2) is 72.3 Å². The molecule has 0 aliphatic heterocycles. The molecule has 0 spiro atoms. The molecule has 0 heterocycles. The third kappa shape index (κ3) is 11.2. The average Bonchev–Trinajstić information content (AvgIpc) is 2.88. The Bertz CT molecular complexity index is 964. The number of aliphatic hydroxyl groups excluding tert-OH is 1. The molecule has 0 saturated carbocycles. The summed E-state index contributed by atoms with van der Waals surface area (Å²) in [6.07, 6.45) is 9.01. The Morgan fingerprint density at radius 1 is 1.08 bits per heavy atom. The molecule has 0 fully saturated rings. The molecule has 0 aromatic heterocycles. The molecule has 0 aliphatic carbocycles. The molecule has 210 valence electrons. The van der Waals surface area contributed by atoms with Crippen LogP contribution in [0.15, 0.2) is 24.3 Å². The number of benzene rings is 1. The summed E-state index contributed by atoms with van der Waals surface area (Å²) in [6, 6.07) is 4.01. The van der Waals surface area contributed by atoms with Crippen LogP contribution in [0.3, 0.4) is 0 Å². The molecule has 1 aromatic carbocycles. The second-order valence-corrected chi connectivity index (χ2v) is 9.79. The van der Waals surface area contributed by atoms with Crippen molar-refractivity contribution < 1.29 is 33.8 Å². The molecule has 0 saturated heterocycles. The highest BCUT2D eigenvalue weighted by Gasteiger charge is 2.36. The van der Waals surface area contributed by atoms with Crippen molar-refractivity contribution in [2.45, 2.75) is 77.5 Å². The van der Waals surface area contributed by atoms with E-state index in [9.17, 15) is 24.3 Å². The molecule has 0 bridgehead atoms. The Hall–Kier alpha value is -3.58. The molecule has 0 radical (unpaired) electrons. The predicted octanol–water partition coefficient (Wildman–Crippen LogP) is 2.68. The van der Waals surface area contributed by atoms with Crippen molar-refractivity contribution in [1.82, 2.24) is 15.5 Å². The SMILES string of the molecule is C#Cc1ccc(C(C(=O)NCC(=O)OC)N(CCCCCCC)C(=O)C(CO)NC(=O)OC(C)(C)C)cc1. The van der Waals surface area contributed by atoms with E-state index in [2.05, 4.69) is 28.2 Å². The van der Waals surface area contributed by atoms with Gasteiger partial charge in [0, 0.05) is 12.1 Å². The number of esters is 1. The van der Waals surface area contributed by atoms with Gasteiger partial charge in [0.05, 0.1) is 13.7 Å². The first kappa shape index (κ1) is 32.4. The first-order valence-electron chi connectivity index (χ1n) is 12.8. The number of amides is 3. The first-order chi connectivity index (χ1) is 18.0. The molecular formula is C28H41N3O7. The quantitative estimate of drug-likeness (QED) is 0.191. The van der Waals surface area contributed by atoms with Crippen molar-refractivity contribution in [3.05, 3.63) is 35.4 Å². The van der Waals surface area contributed by atoms with E-state index in [1.807, 2.05) is 0 Å². The van der Waals surface area contributed by atoms with Crippen molar-refractivity contribution >= 4 is 23.9 Å². The van der Waals surface area contributed by atoms with E-state index in [1.165, 1.54) is 12.0 Å². The van der Waals surface area contributed by atoms with E-state index in [1.54, 1.807) is 45.0 Å². The summed E-state index contributed by atoms with van der Waals surface area (Å²) in [7, 11) is 1.20. The van der Waals surface area contributed by atoms with E-state index in [0.29, 0.717) is 17.5 Å². The smallest absolute Gasteiger partial charge is 0.408 e. The summed E-state index contributed by atoms with van der Waals surface area (Å²) in [4.78, 5) is 52.5. The minimum atomic E-state index is -1.36. The number of nitrogens with one attached hydrogen (secondary N) is 2. The minimum Gasteiger partial charge on any atom is -0.468 e. The van der Waals surface area contributed by atoms with Crippen LogP contribution >= 0.6 is 0 Å². The van der Waals surface area contributed by atoms with Crippen LogP contribution in [0, 0.1) is 12.3 Å². The van der Waals surface area contributed by atoms with Gasteiger partial charge in [0.2, 0.25) is 11.8 Å². The van der Waals surface area contributed by atoms with Gasteiger partial charge in [-0.2, -0.15) is 0 Å². The molecule has 38 heavy (non-hydrogen) atoms. The number of hydrogen-bond acceptors (Lipinski definition) is 7. The third-order valence-electron chi connectivity index (χ3n) is 5.55. The molecule has 3 amide bonds. The van der Waals surface area contributed by atoms with Gasteiger partial charge in [0.15, 0.2) is 0 Å². The fraction of sp³-hybridized carbons (Fsp3) is 0.571. The summed E-state index contributed by atoms with van der Waals surface area (Å²) in [5, 5.41) is 14.9. The van der Waals surface area contributed by atoms with Crippen molar-refractivity contribution in [2.24, 2.45) is 0 Å². The van der Waals surface area contributed by atoms with Crippen molar-refractivity contribution in [2.75, 3.05) is 26.8 Å². The van der Waals surface area contributed by atoms with Crippen molar-refractivity contribution in [3.63, 3.8) is 0 Å². The number of unbranched alkanes of at least 4 members (excludes halogenated alkanes) is 4. The number of alkyl carbamates (subject to hydrolysis) is 1. The number of methoxy groups -OCH3 is 1. The lowest BCUT2D eigenvalue weighted by Crippen LogP contribution is -2.54. The van der Waals surface area contributed by atoms with Gasteiger partial charge in [-0.05, 0) is 44.9 Å². The highest BCUT2D eigenvalue weighted by molar-refractivity contribution is 5.93. The predicted molar refractivity (Wildman–Crippen MR) is 143 cm³/mol. The maximum Gasteiger partial charge on any atom is 0.408 e. The third-order valence-corrected chi connectivity index (χ3v) is 5.55. The molecule has 10 heteroatoms. The number of aliphatic hydroxyl groups is 1. The molecule has 0 aliphatic rings. The van der Waals surface area contributed by atoms with E-state index in [0.717, 1.165) is 25.7 Å². The summed E-state index contributed by atoms with van der Waals surface area (Å²) in [5.41, 5.74) is 0.211. The number of ether oxygens (including phenoxy) is 2. The molecular weight excluding hydrogens is 490 g/mol. The number of terminal acetylenes is 1. The summed E-state index contributed by atoms with van der Waals surface area (Å²) >= 11 is 0. The van der Waals surface area contributed by atoms with Crippen molar-refractivity contribution in [3.8, 4) is 12.3 Å². The highest BCUT2D eigenvalue weighted by atomic mass is 16.6. The standard InChI is InChI=1S/C28H41N3O7/c1-7-9-10-11-12-17-31(26(35)22(19-32)30-27(36)38-28(3,4)5)24(25(34)29-18-23(33)37-6)21-15-13-20(8-2)14-16-21/h2,13-16,22,24,32H,7,9-12,17-19H2,1,3-6H3,(H,29,34)(H,30,36). The minimum absolute atomic E-state index is 0.169. The molecule has 3 N–H and O–H groups in total. The Morgan fingerprint density at radius 3 is 2.24 bits per heavy atom. The topological polar surface area (TPSA) is 134 Å². The normalized spacial score (nSPS) is 12.4. The number of nitrogens with zero attached hydrogens (tertiary/aromatic N) is 1. The van der Waals surface area contributed by atoms with E-state index in [-0.39, 0.29) is 6.54 Å². The van der Waals surface area contributed by atoms with Crippen LogP contribution in [0.4, 0.5) is 4.79 Å². The summed E-state index contributed by atoms with van der Waals surface area (Å²) in [5.74, 6) is 0.553. The number of carbonyl (C=O) groups is 4. The van der Waals surface area contributed by atoms with Gasteiger partial charge in [-0.15, -0.1) is 6.42 Å². The zero-order valence-corrected chi connectivity index (χ0v) is 23.0. The highest BCUT2D eigenvalue weighted by Crippen LogP contribution is 2.24. The lowest BCUT2D eigenvalue weighted by molar-refractivity contribution is -0.145. The van der Waals surface area contributed by atoms with Gasteiger partial charge in [-0.1, -0.05) is 50.7 Å². The fourth-order valence-electron chi connectivity index (χ4n) is 3.65. The van der Waals surface area contributed by atoms with Crippen LogP contribution in [0.2, 0.25) is 0 Å². The first-order valence-corrected chi connectivity index (χ1v) is 12.8. The van der Waals surface area contributed by atoms with Crippen LogP contribution in [0.25, 0.3) is 0 Å². The van der Waals surface area contributed by atoms with Crippen molar-refractivity contribution in [1.29, 1.82) is 0 Å². The fourth-order valence-corrected chi connectivity index (χ4v) is 3.65. The van der Waals surface area contributed by atoms with Gasteiger partial charge in [-0.25, -0.2) is 4.79 Å². The monoisotopic (exact) mass is 531 g/mol. The summed E-state index contributed by atoms with van der Waals surface area (Å²) < 4.78 is 9.85. The zero-order valence-electron chi connectivity index (χ0n) is 23.0. The lowest BCUT2D eigenvalue weighted by Gasteiger charge is -2.34. The molecule has 1 rings (SSSR count). The van der Waals surface area contributed by atoms with Gasteiger partial charge < -0.3 is 30.1 Å². The van der Waals surface area contributed by atoms with Crippen LogP contribution in [-0.2, 0) is 23.9 Å². The van der Waals surface area contributed by atoms with E-state index in [4.69, 9.17) is 11.2 Å².